The quantitative estimate of drug-likeness (QED) is 0.433. The summed E-state index contributed by atoms with van der Waals surface area (Å²) in [5.41, 5.74) is 8.83. The maximum Gasteiger partial charge on any atom is 0.268 e. The molecular weight excluding hydrogens is 438 g/mol. The van der Waals surface area contributed by atoms with Gasteiger partial charge in [0.05, 0.1) is 34.5 Å². The number of benzene rings is 2. The minimum Gasteiger partial charge on any atom is -0.382 e. The molecule has 0 saturated carbocycles. The van der Waals surface area contributed by atoms with Gasteiger partial charge in [0.1, 0.15) is 11.8 Å². The lowest BCUT2D eigenvalue weighted by atomic mass is 10.1. The van der Waals surface area contributed by atoms with Crippen LogP contribution in [0.2, 0.25) is 0 Å². The van der Waals surface area contributed by atoms with E-state index in [0.29, 0.717) is 22.4 Å². The fourth-order valence-corrected chi connectivity index (χ4v) is 5.50. The third-order valence-corrected chi connectivity index (χ3v) is 7.31. The highest BCUT2D eigenvalue weighted by atomic mass is 32.2. The van der Waals surface area contributed by atoms with Crippen molar-refractivity contribution in [2.75, 3.05) is 5.73 Å². The predicted molar refractivity (Wildman–Crippen MR) is 125 cm³/mol. The summed E-state index contributed by atoms with van der Waals surface area (Å²) in [4.78, 5) is 17.7. The number of nitrogens with zero attached hydrogens (tertiary/aromatic N) is 6. The number of rotatable bonds is 4. The Bertz CT molecular complexity index is 1770. The third-order valence-electron chi connectivity index (χ3n) is 5.62. The summed E-state index contributed by atoms with van der Waals surface area (Å²) in [5.74, 6) is 0.283. The van der Waals surface area contributed by atoms with E-state index in [2.05, 4.69) is 15.0 Å². The molecule has 0 saturated heterocycles. The first-order valence-corrected chi connectivity index (χ1v) is 11.6. The monoisotopic (exact) mass is 455 g/mol. The summed E-state index contributed by atoms with van der Waals surface area (Å²) >= 11 is 0. The van der Waals surface area contributed by atoms with Crippen LogP contribution in [0.3, 0.4) is 0 Å². The molecule has 0 fully saturated rings. The molecule has 33 heavy (non-hydrogen) atoms. The van der Waals surface area contributed by atoms with Gasteiger partial charge in [0.15, 0.2) is 11.5 Å². The van der Waals surface area contributed by atoms with Gasteiger partial charge in [-0.3, -0.25) is 0 Å². The van der Waals surface area contributed by atoms with Crippen LogP contribution in [0.15, 0.2) is 84.4 Å². The fourth-order valence-electron chi connectivity index (χ4n) is 4.10. The lowest BCUT2D eigenvalue weighted by molar-refractivity contribution is 0.589. The molecule has 4 aromatic heterocycles. The van der Waals surface area contributed by atoms with Crippen LogP contribution < -0.4 is 5.73 Å². The van der Waals surface area contributed by atoms with E-state index in [4.69, 9.17) is 10.7 Å². The lowest BCUT2D eigenvalue weighted by Crippen LogP contribution is -2.14. The molecule has 2 aromatic carbocycles. The minimum absolute atomic E-state index is 0.204. The van der Waals surface area contributed by atoms with Crippen molar-refractivity contribution >= 4 is 48.8 Å². The van der Waals surface area contributed by atoms with E-state index in [0.717, 1.165) is 16.3 Å². The number of imidazole rings is 1. The van der Waals surface area contributed by atoms with Gasteiger partial charge in [-0.2, -0.15) is 0 Å². The highest BCUT2D eigenvalue weighted by Crippen LogP contribution is 2.31. The molecular formula is C23H17N7O2S. The Kier molecular flexibility index (Phi) is 4.17. The van der Waals surface area contributed by atoms with Crippen molar-refractivity contribution in [2.45, 2.75) is 11.4 Å². The van der Waals surface area contributed by atoms with Crippen molar-refractivity contribution in [3.8, 4) is 0 Å². The Labute approximate surface area is 188 Å². The van der Waals surface area contributed by atoms with E-state index in [1.54, 1.807) is 47.4 Å². The number of nitrogens with two attached hydrogens (primary N) is 1. The molecule has 0 radical (unpaired) electrons. The van der Waals surface area contributed by atoms with E-state index < -0.39 is 10.0 Å². The van der Waals surface area contributed by atoms with Crippen LogP contribution >= 0.6 is 0 Å². The van der Waals surface area contributed by atoms with Gasteiger partial charge >= 0.3 is 0 Å². The highest BCUT2D eigenvalue weighted by Gasteiger charge is 2.23. The zero-order valence-electron chi connectivity index (χ0n) is 17.2. The second-order valence-electron chi connectivity index (χ2n) is 7.57. The summed E-state index contributed by atoms with van der Waals surface area (Å²) in [7, 11) is -3.84. The Morgan fingerprint density at radius 1 is 0.879 bits per heavy atom. The zero-order valence-corrected chi connectivity index (χ0v) is 18.0. The van der Waals surface area contributed by atoms with Gasteiger partial charge in [-0.25, -0.2) is 32.3 Å². The van der Waals surface area contributed by atoms with Crippen molar-refractivity contribution in [2.24, 2.45) is 0 Å². The Balaban J connectivity index is 1.63. The second-order valence-corrected chi connectivity index (χ2v) is 9.39. The van der Waals surface area contributed by atoms with Crippen molar-refractivity contribution in [3.63, 3.8) is 0 Å². The maximum absolute atomic E-state index is 13.5. The summed E-state index contributed by atoms with van der Waals surface area (Å²) in [6.45, 7) is 0.253. The molecule has 4 heterocycles. The van der Waals surface area contributed by atoms with Crippen molar-refractivity contribution in [1.29, 1.82) is 0 Å². The number of para-hydroxylation sites is 1. The Morgan fingerprint density at radius 2 is 1.67 bits per heavy atom. The van der Waals surface area contributed by atoms with Gasteiger partial charge in [0, 0.05) is 17.0 Å². The number of hydrogen-bond acceptors (Lipinski definition) is 7. The topological polar surface area (TPSA) is 122 Å². The Morgan fingerprint density at radius 3 is 2.52 bits per heavy atom. The van der Waals surface area contributed by atoms with Gasteiger partial charge in [-0.1, -0.05) is 36.4 Å². The van der Waals surface area contributed by atoms with E-state index in [-0.39, 0.29) is 17.3 Å². The van der Waals surface area contributed by atoms with E-state index in [9.17, 15) is 8.42 Å². The van der Waals surface area contributed by atoms with E-state index >= 15 is 0 Å². The summed E-state index contributed by atoms with van der Waals surface area (Å²) in [5, 5.41) is 1.67. The number of nitrogen functional groups attached to an aromatic ring is 1. The van der Waals surface area contributed by atoms with Gasteiger partial charge in [-0.05, 0) is 24.3 Å². The van der Waals surface area contributed by atoms with Crippen LogP contribution in [-0.2, 0) is 16.6 Å². The predicted octanol–water partition coefficient (Wildman–Crippen LogP) is 3.20. The molecule has 9 nitrogen and oxygen atoms in total. The Hall–Kier alpha value is -4.31. The number of anilines is 1. The number of fused-ring (bicyclic) bond motifs is 4. The van der Waals surface area contributed by atoms with E-state index in [1.165, 1.54) is 10.3 Å². The summed E-state index contributed by atoms with van der Waals surface area (Å²) in [6, 6.07) is 17.8. The normalized spacial score (nSPS) is 12.1. The summed E-state index contributed by atoms with van der Waals surface area (Å²) in [6.07, 6.45) is 4.57. The molecule has 0 aliphatic carbocycles. The van der Waals surface area contributed by atoms with E-state index in [1.807, 2.05) is 30.3 Å². The molecule has 162 valence electrons. The van der Waals surface area contributed by atoms with Crippen LogP contribution in [0.4, 0.5) is 5.82 Å². The molecule has 0 amide bonds. The molecule has 0 spiro atoms. The molecule has 0 unspecified atom stereocenters. The number of pyridine rings is 1. The average molecular weight is 456 g/mol. The minimum atomic E-state index is -3.84. The molecule has 10 heteroatoms. The fraction of sp³-hybridized carbons (Fsp3) is 0.0435. The second kappa shape index (κ2) is 7.10. The largest absolute Gasteiger partial charge is 0.382 e. The van der Waals surface area contributed by atoms with Gasteiger partial charge < -0.3 is 10.3 Å². The summed E-state index contributed by atoms with van der Waals surface area (Å²) < 4.78 is 30.2. The SMILES string of the molecule is Nc1ncnc2c1ncn2Cc1nc2ccccc2c2ccn(S(=O)(=O)c3ccccc3)c12. The molecule has 2 N–H and O–H groups in total. The zero-order chi connectivity index (χ0) is 22.6. The first kappa shape index (κ1) is 19.4. The first-order valence-electron chi connectivity index (χ1n) is 10.1. The molecule has 0 aliphatic rings. The smallest absolute Gasteiger partial charge is 0.268 e. The first-order chi connectivity index (χ1) is 16.0. The van der Waals surface area contributed by atoms with Crippen molar-refractivity contribution in [3.05, 3.63) is 85.2 Å². The van der Waals surface area contributed by atoms with Crippen LogP contribution in [0.25, 0.3) is 33.0 Å². The van der Waals surface area contributed by atoms with Crippen LogP contribution in [0.1, 0.15) is 5.69 Å². The maximum atomic E-state index is 13.5. The molecule has 0 bridgehead atoms. The highest BCUT2D eigenvalue weighted by molar-refractivity contribution is 7.90. The molecule has 6 aromatic rings. The molecule has 6 rings (SSSR count). The third kappa shape index (κ3) is 2.95. The molecule has 0 aliphatic heterocycles. The van der Waals surface area contributed by atoms with Gasteiger partial charge in [0.2, 0.25) is 0 Å². The number of aromatic nitrogens is 6. The average Bonchev–Trinajstić information content (AvgIpc) is 3.46. The van der Waals surface area contributed by atoms with Crippen molar-refractivity contribution < 1.29 is 8.42 Å². The lowest BCUT2D eigenvalue weighted by Gasteiger charge is -2.13. The van der Waals surface area contributed by atoms with Gasteiger partial charge in [0.25, 0.3) is 10.0 Å². The standard InChI is InChI=1S/C23H17N7O2S/c24-22-20-23(26-13-25-22)29(14-27-20)12-19-21-17(16-8-4-5-9-18(16)28-19)10-11-30(21)33(31,32)15-6-2-1-3-7-15/h1-11,13-14H,12H2,(H2,24,25,26). The van der Waals surface area contributed by atoms with Crippen LogP contribution in [0.5, 0.6) is 0 Å². The number of hydrogen-bond donors (Lipinski definition) is 1. The van der Waals surface area contributed by atoms with Crippen molar-refractivity contribution in [1.82, 2.24) is 28.5 Å². The van der Waals surface area contributed by atoms with Gasteiger partial charge in [-0.15, -0.1) is 0 Å². The van der Waals surface area contributed by atoms with Crippen LogP contribution in [0, 0.1) is 0 Å². The van der Waals surface area contributed by atoms with Crippen LogP contribution in [-0.4, -0.2) is 36.9 Å². The molecule has 0 atom stereocenters.